The van der Waals surface area contributed by atoms with E-state index in [1.54, 1.807) is 26.0 Å². The quantitative estimate of drug-likeness (QED) is 0.172. The van der Waals surface area contributed by atoms with Gasteiger partial charge in [0, 0.05) is 12.3 Å². The summed E-state index contributed by atoms with van der Waals surface area (Å²) in [6.07, 6.45) is 6.01. The van der Waals surface area contributed by atoms with Crippen molar-refractivity contribution in [1.29, 1.82) is 5.41 Å². The van der Waals surface area contributed by atoms with Crippen molar-refractivity contribution in [3.05, 3.63) is 70.4 Å². The molecular weight excluding hydrogens is 550 g/mol. The van der Waals surface area contributed by atoms with E-state index in [0.717, 1.165) is 24.1 Å². The summed E-state index contributed by atoms with van der Waals surface area (Å²) < 4.78 is 35.3. The molecule has 0 atom stereocenters. The molecule has 1 heterocycles. The maximum atomic E-state index is 13.3. The summed E-state index contributed by atoms with van der Waals surface area (Å²) in [4.78, 5) is 37.3. The molecule has 0 aliphatic carbocycles. The number of aromatic nitrogens is 2. The maximum Gasteiger partial charge on any atom is 0.425 e. The maximum absolute atomic E-state index is 13.3. The number of rotatable bonds is 9. The predicted molar refractivity (Wildman–Crippen MR) is 149 cm³/mol. The molecule has 1 aromatic carbocycles. The molecular formula is C26H31ClF2N6O5. The molecule has 11 nitrogen and oxygen atoms in total. The molecule has 2 aromatic rings. The van der Waals surface area contributed by atoms with E-state index in [4.69, 9.17) is 17.0 Å². The van der Waals surface area contributed by atoms with Crippen LogP contribution in [0.15, 0.2) is 48.0 Å². The van der Waals surface area contributed by atoms with Crippen LogP contribution in [-0.4, -0.2) is 47.6 Å². The third kappa shape index (κ3) is 9.66. The number of carbonyl (C=O) groups is 3. The van der Waals surface area contributed by atoms with Crippen molar-refractivity contribution in [1.82, 2.24) is 20.6 Å². The highest BCUT2D eigenvalue weighted by atomic mass is 35.5. The first-order valence-corrected chi connectivity index (χ1v) is 12.1. The number of amides is 3. The Labute approximate surface area is 235 Å². The number of halogens is 3. The van der Waals surface area contributed by atoms with Gasteiger partial charge in [-0.05, 0) is 43.2 Å². The number of nitrogens with zero attached hydrogens (tertiary/aromatic N) is 2. The van der Waals surface area contributed by atoms with Crippen LogP contribution in [0.1, 0.15) is 59.2 Å². The minimum absolute atomic E-state index is 0.00464. The van der Waals surface area contributed by atoms with Crippen molar-refractivity contribution in [3.63, 3.8) is 0 Å². The molecule has 216 valence electrons. The molecule has 0 spiro atoms. The standard InChI is InChI=1S/C23H23ClF2N6O5.C3H8/c1-5-6-7-16(24)13(3)32-17(10-18(31-32)37-22(25)26)21(34)28-19-12(2)8-14(11-27)9-15(19)20(33)29-30-23(35)36-4;1-3-2/h5-11,22,27H,3H2,1-2,4H3,(H,28,34)(H,29,33)(H,30,35);3H2,1-2H3/b6-5-,16-7+,27-11?;. The monoisotopic (exact) mass is 580 g/mol. The van der Waals surface area contributed by atoms with Gasteiger partial charge in [0.05, 0.1) is 29.1 Å². The van der Waals surface area contributed by atoms with Gasteiger partial charge in [0.15, 0.2) is 0 Å². The molecule has 0 aliphatic heterocycles. The molecule has 0 unspecified atom stereocenters. The molecule has 0 saturated heterocycles. The van der Waals surface area contributed by atoms with E-state index in [9.17, 15) is 23.2 Å². The molecule has 2 rings (SSSR count). The van der Waals surface area contributed by atoms with Gasteiger partial charge in [-0.2, -0.15) is 8.78 Å². The molecule has 0 radical (unpaired) electrons. The van der Waals surface area contributed by atoms with Crippen LogP contribution in [0.3, 0.4) is 0 Å². The Bertz CT molecular complexity index is 1310. The second-order valence-corrected chi connectivity index (χ2v) is 8.19. The van der Waals surface area contributed by atoms with E-state index in [2.05, 4.69) is 45.7 Å². The number of hydrazine groups is 1. The topological polar surface area (TPSA) is 147 Å². The van der Waals surface area contributed by atoms with Crippen LogP contribution in [0.5, 0.6) is 5.88 Å². The van der Waals surface area contributed by atoms with Gasteiger partial charge in [-0.3, -0.25) is 15.0 Å². The second-order valence-electron chi connectivity index (χ2n) is 7.78. The number of carbonyl (C=O) groups excluding carboxylic acids is 3. The Morgan fingerprint density at radius 3 is 2.40 bits per heavy atom. The highest BCUT2D eigenvalue weighted by molar-refractivity contribution is 6.35. The van der Waals surface area contributed by atoms with Gasteiger partial charge in [0.1, 0.15) is 5.69 Å². The third-order valence-electron chi connectivity index (χ3n) is 4.57. The zero-order chi connectivity index (χ0) is 30.4. The first-order valence-electron chi connectivity index (χ1n) is 11.8. The molecule has 3 amide bonds. The van der Waals surface area contributed by atoms with Crippen LogP contribution >= 0.6 is 11.6 Å². The van der Waals surface area contributed by atoms with E-state index in [1.807, 2.05) is 5.43 Å². The number of methoxy groups -OCH3 is 1. The lowest BCUT2D eigenvalue weighted by Crippen LogP contribution is -2.42. The number of anilines is 1. The van der Waals surface area contributed by atoms with E-state index in [-0.39, 0.29) is 27.7 Å². The number of alkyl halides is 2. The van der Waals surface area contributed by atoms with Crippen LogP contribution < -0.4 is 20.9 Å². The summed E-state index contributed by atoms with van der Waals surface area (Å²) in [5, 5.41) is 13.9. The lowest BCUT2D eigenvalue weighted by atomic mass is 10.0. The van der Waals surface area contributed by atoms with Gasteiger partial charge >= 0.3 is 12.7 Å². The minimum Gasteiger partial charge on any atom is -0.452 e. The summed E-state index contributed by atoms with van der Waals surface area (Å²) in [7, 11) is 1.09. The average Bonchev–Trinajstić information content (AvgIpc) is 3.33. The van der Waals surface area contributed by atoms with Crippen LogP contribution in [0, 0.1) is 12.3 Å². The van der Waals surface area contributed by atoms with Gasteiger partial charge in [-0.1, -0.05) is 50.6 Å². The summed E-state index contributed by atoms with van der Waals surface area (Å²) in [5.41, 5.74) is 4.39. The molecule has 0 fully saturated rings. The summed E-state index contributed by atoms with van der Waals surface area (Å²) >= 11 is 6.20. The number of hydrogen-bond acceptors (Lipinski definition) is 7. The van der Waals surface area contributed by atoms with Gasteiger partial charge in [-0.15, -0.1) is 5.10 Å². The largest absolute Gasteiger partial charge is 0.452 e. The number of aryl methyl sites for hydroxylation is 1. The van der Waals surface area contributed by atoms with E-state index in [0.29, 0.717) is 11.1 Å². The summed E-state index contributed by atoms with van der Waals surface area (Å²) in [5.74, 6) is -2.30. The molecule has 0 bridgehead atoms. The fourth-order valence-corrected chi connectivity index (χ4v) is 3.05. The summed E-state index contributed by atoms with van der Waals surface area (Å²) in [6.45, 7) is 8.10. The van der Waals surface area contributed by atoms with E-state index in [1.165, 1.54) is 24.6 Å². The predicted octanol–water partition coefficient (Wildman–Crippen LogP) is 5.63. The number of allylic oxidation sites excluding steroid dienone is 5. The lowest BCUT2D eigenvalue weighted by Gasteiger charge is -2.16. The Morgan fingerprint density at radius 2 is 1.85 bits per heavy atom. The van der Waals surface area contributed by atoms with Gasteiger partial charge in [0.25, 0.3) is 11.8 Å². The van der Waals surface area contributed by atoms with Gasteiger partial charge < -0.3 is 20.2 Å². The van der Waals surface area contributed by atoms with Crippen molar-refractivity contribution >= 4 is 47.1 Å². The summed E-state index contributed by atoms with van der Waals surface area (Å²) in [6, 6.07) is 3.76. The second kappa shape index (κ2) is 16.4. The zero-order valence-corrected chi connectivity index (χ0v) is 23.4. The smallest absolute Gasteiger partial charge is 0.425 e. The highest BCUT2D eigenvalue weighted by Crippen LogP contribution is 2.27. The molecule has 14 heteroatoms. The first kappa shape index (κ1) is 33.5. The van der Waals surface area contributed by atoms with Gasteiger partial charge in [0.2, 0.25) is 5.88 Å². The molecule has 0 saturated carbocycles. The van der Waals surface area contributed by atoms with E-state index < -0.39 is 30.4 Å². The van der Waals surface area contributed by atoms with Crippen LogP contribution in [-0.2, 0) is 4.74 Å². The lowest BCUT2D eigenvalue weighted by molar-refractivity contribution is -0.0530. The number of nitrogens with one attached hydrogen (secondary N) is 4. The fourth-order valence-electron chi connectivity index (χ4n) is 2.90. The zero-order valence-electron chi connectivity index (χ0n) is 22.6. The van der Waals surface area contributed by atoms with Gasteiger partial charge in [-0.25, -0.2) is 14.9 Å². The van der Waals surface area contributed by atoms with Crippen molar-refractivity contribution in [2.45, 2.75) is 40.7 Å². The average molecular weight is 581 g/mol. The fraction of sp³-hybridized carbons (Fsp3) is 0.269. The highest BCUT2D eigenvalue weighted by Gasteiger charge is 2.24. The molecule has 40 heavy (non-hydrogen) atoms. The molecule has 1 aromatic heterocycles. The Hall–Kier alpha value is -4.52. The van der Waals surface area contributed by atoms with Crippen LogP contribution in [0.4, 0.5) is 19.3 Å². The number of hydrogen-bond donors (Lipinski definition) is 4. The van der Waals surface area contributed by atoms with Crippen LogP contribution in [0.25, 0.3) is 5.70 Å². The Balaban J connectivity index is 0.00000254. The Kier molecular flexibility index (Phi) is 13.8. The Morgan fingerprint density at radius 1 is 1.20 bits per heavy atom. The van der Waals surface area contributed by atoms with Crippen molar-refractivity contribution in [2.24, 2.45) is 0 Å². The van der Waals surface area contributed by atoms with Crippen molar-refractivity contribution < 1.29 is 32.6 Å². The number of benzene rings is 1. The molecule has 4 N–H and O–H groups in total. The van der Waals surface area contributed by atoms with E-state index >= 15 is 0 Å². The van der Waals surface area contributed by atoms with Crippen LogP contribution in [0.2, 0.25) is 0 Å². The van der Waals surface area contributed by atoms with Crippen molar-refractivity contribution in [2.75, 3.05) is 12.4 Å². The SMILES string of the molecule is C=C(/C(Cl)=C\C=C/C)n1nc(OC(F)F)cc1C(=O)Nc1c(C)cc(C=N)cc1C(=O)NNC(=O)OC.CCC. The first-order chi connectivity index (χ1) is 18.9. The van der Waals surface area contributed by atoms with Crippen molar-refractivity contribution in [3.8, 4) is 5.88 Å². The molecule has 0 aliphatic rings. The normalized spacial score (nSPS) is 10.9. The third-order valence-corrected chi connectivity index (χ3v) is 4.91. The minimum atomic E-state index is -3.21. The number of ether oxygens (including phenoxy) is 2.